The summed E-state index contributed by atoms with van der Waals surface area (Å²) in [7, 11) is 0. The van der Waals surface area contributed by atoms with Crippen LogP contribution in [0.25, 0.3) is 0 Å². The molecule has 0 saturated carbocycles. The number of rotatable bonds is 11. The molecule has 8 heteroatoms. The smallest absolute Gasteiger partial charge is 0.263 e. The minimum atomic E-state index is -1.27. The molecule has 0 aliphatic heterocycles. The number of carbonyl (C=O) groups is 1. The summed E-state index contributed by atoms with van der Waals surface area (Å²) >= 11 is 0. The Kier molecular flexibility index (Phi) is 8.96. The van der Waals surface area contributed by atoms with Gasteiger partial charge < -0.3 is 14.8 Å². The third-order valence-electron chi connectivity index (χ3n) is 5.74. The summed E-state index contributed by atoms with van der Waals surface area (Å²) in [5, 5.41) is 12.4. The Morgan fingerprint density at radius 3 is 2.56 bits per heavy atom. The average molecular weight is 493 g/mol. The molecule has 1 N–H and O–H groups in total. The lowest BCUT2D eigenvalue weighted by atomic mass is 9.85. The fraction of sp³-hybridized carbons (Fsp3) is 0.321. The number of carbonyl (C=O) groups excluding carboxylic acids is 1. The maximum Gasteiger partial charge on any atom is 0.263 e. The highest BCUT2D eigenvalue weighted by atomic mass is 19.1. The summed E-state index contributed by atoms with van der Waals surface area (Å²) in [6.07, 6.45) is 1.60. The van der Waals surface area contributed by atoms with Gasteiger partial charge in [0, 0.05) is 18.0 Å². The number of nitrogens with zero attached hydrogens (tertiary/aromatic N) is 2. The number of nitriles is 1. The molecule has 0 aliphatic rings. The fourth-order valence-electron chi connectivity index (χ4n) is 3.77. The predicted octanol–water partition coefficient (Wildman–Crippen LogP) is 5.13. The second kappa shape index (κ2) is 12.1. The summed E-state index contributed by atoms with van der Waals surface area (Å²) in [5.74, 6) is -0.313. The van der Waals surface area contributed by atoms with Crippen LogP contribution in [-0.4, -0.2) is 35.8 Å². The highest BCUT2D eigenvalue weighted by molar-refractivity contribution is 5.85. The molecule has 0 spiro atoms. The Balaban J connectivity index is 1.79. The Morgan fingerprint density at radius 1 is 1.17 bits per heavy atom. The third-order valence-corrected chi connectivity index (χ3v) is 5.74. The molecule has 1 aromatic heterocycles. The molecule has 36 heavy (non-hydrogen) atoms. The van der Waals surface area contributed by atoms with Crippen molar-refractivity contribution >= 4 is 5.91 Å². The third kappa shape index (κ3) is 7.25. The van der Waals surface area contributed by atoms with Gasteiger partial charge in [-0.05, 0) is 68.7 Å². The van der Waals surface area contributed by atoms with Crippen LogP contribution in [0.3, 0.4) is 0 Å². The average Bonchev–Trinajstić information content (AvgIpc) is 2.87. The molecule has 2 atom stereocenters. The molecule has 2 aromatic carbocycles. The number of aromatic nitrogens is 1. The van der Waals surface area contributed by atoms with Crippen LogP contribution in [0.4, 0.5) is 8.78 Å². The van der Waals surface area contributed by atoms with Crippen LogP contribution in [-0.2, 0) is 11.2 Å². The maximum absolute atomic E-state index is 13.2. The normalized spacial score (nSPS) is 12.8. The van der Waals surface area contributed by atoms with Crippen molar-refractivity contribution in [1.82, 2.24) is 10.3 Å². The molecule has 3 aromatic rings. The van der Waals surface area contributed by atoms with Crippen molar-refractivity contribution < 1.29 is 23.0 Å². The molecule has 0 unspecified atom stereocenters. The van der Waals surface area contributed by atoms with E-state index in [4.69, 9.17) is 9.47 Å². The molecule has 0 aliphatic carbocycles. The van der Waals surface area contributed by atoms with Crippen LogP contribution >= 0.6 is 0 Å². The summed E-state index contributed by atoms with van der Waals surface area (Å²) in [5.41, 5.74) is 1.14. The standard InChI is InChI=1S/C28H29F2N3O3/c1-19(33-27(34)28(2,3)36-26-12-9-23(30)18-32-26)25(22-6-4-5-21(15-22)17-31)16-20-7-10-24(11-8-20)35-14-13-29/h4-12,15,18-19,25H,13-14,16H2,1-3H3,(H,33,34)/t19-,25+/m0/s1/i29-1. The number of alkyl halides is 1. The summed E-state index contributed by atoms with van der Waals surface area (Å²) in [4.78, 5) is 17.0. The molecule has 0 fully saturated rings. The topological polar surface area (TPSA) is 84.2 Å². The van der Waals surface area contributed by atoms with Crippen LogP contribution < -0.4 is 14.8 Å². The van der Waals surface area contributed by atoms with E-state index in [1.165, 1.54) is 12.1 Å². The summed E-state index contributed by atoms with van der Waals surface area (Å²) < 4.78 is 36.6. The van der Waals surface area contributed by atoms with Gasteiger partial charge in [0.25, 0.3) is 5.91 Å². The minimum Gasteiger partial charge on any atom is -0.491 e. The van der Waals surface area contributed by atoms with E-state index in [2.05, 4.69) is 16.4 Å². The van der Waals surface area contributed by atoms with E-state index in [9.17, 15) is 18.8 Å². The van der Waals surface area contributed by atoms with Gasteiger partial charge in [-0.25, -0.2) is 13.8 Å². The van der Waals surface area contributed by atoms with E-state index in [0.29, 0.717) is 17.7 Å². The first-order valence-electron chi connectivity index (χ1n) is 11.6. The molecular formula is C28H29F2N3O3. The van der Waals surface area contributed by atoms with Gasteiger partial charge in [-0.3, -0.25) is 4.79 Å². The first-order valence-corrected chi connectivity index (χ1v) is 11.6. The van der Waals surface area contributed by atoms with Crippen molar-refractivity contribution in [1.29, 1.82) is 5.26 Å². The van der Waals surface area contributed by atoms with E-state index in [0.717, 1.165) is 17.3 Å². The van der Waals surface area contributed by atoms with Crippen LogP contribution in [0.15, 0.2) is 66.9 Å². The zero-order chi connectivity index (χ0) is 26.1. The molecule has 188 valence electrons. The van der Waals surface area contributed by atoms with E-state index >= 15 is 0 Å². The van der Waals surface area contributed by atoms with E-state index < -0.39 is 18.1 Å². The maximum atomic E-state index is 13.2. The molecule has 1 amide bonds. The molecular weight excluding hydrogens is 463 g/mol. The number of pyridine rings is 1. The molecule has 0 bridgehead atoms. The van der Waals surface area contributed by atoms with Crippen molar-refractivity contribution in [2.45, 2.75) is 44.8 Å². The highest BCUT2D eigenvalue weighted by Crippen LogP contribution is 2.27. The number of amides is 1. The minimum absolute atomic E-state index is 0.00269. The molecule has 1 heterocycles. The van der Waals surface area contributed by atoms with Gasteiger partial charge in [0.15, 0.2) is 5.60 Å². The van der Waals surface area contributed by atoms with Gasteiger partial charge in [-0.2, -0.15) is 5.26 Å². The second-order valence-electron chi connectivity index (χ2n) is 8.92. The van der Waals surface area contributed by atoms with Crippen molar-refractivity contribution in [2.24, 2.45) is 0 Å². The van der Waals surface area contributed by atoms with Crippen molar-refractivity contribution in [2.75, 3.05) is 13.3 Å². The Labute approximate surface area is 209 Å². The molecule has 3 rings (SSSR count). The van der Waals surface area contributed by atoms with Gasteiger partial charge in [0.05, 0.1) is 17.8 Å². The van der Waals surface area contributed by atoms with Crippen LogP contribution in [0.5, 0.6) is 11.6 Å². The molecule has 0 radical (unpaired) electrons. The zero-order valence-electron chi connectivity index (χ0n) is 20.5. The summed E-state index contributed by atoms with van der Waals surface area (Å²) in [6.45, 7) is 4.56. The zero-order valence-corrected chi connectivity index (χ0v) is 20.5. The van der Waals surface area contributed by atoms with Crippen LogP contribution in [0.2, 0.25) is 0 Å². The van der Waals surface area contributed by atoms with E-state index in [1.807, 2.05) is 37.3 Å². The lowest BCUT2D eigenvalue weighted by molar-refractivity contribution is -0.135. The van der Waals surface area contributed by atoms with Crippen molar-refractivity contribution in [3.8, 4) is 17.7 Å². The molecule has 0 saturated heterocycles. The number of halogens is 2. The highest BCUT2D eigenvalue weighted by Gasteiger charge is 2.33. The fourth-order valence-corrected chi connectivity index (χ4v) is 3.77. The van der Waals surface area contributed by atoms with Crippen molar-refractivity contribution in [3.63, 3.8) is 0 Å². The number of ether oxygens (including phenoxy) is 2. The van der Waals surface area contributed by atoms with E-state index in [1.54, 1.807) is 32.0 Å². The summed E-state index contributed by atoms with van der Waals surface area (Å²) in [6, 6.07) is 19.1. The largest absolute Gasteiger partial charge is 0.491 e. The Hall–Kier alpha value is -3.99. The quantitative estimate of drug-likeness (QED) is 0.401. The lowest BCUT2D eigenvalue weighted by Gasteiger charge is -2.30. The first kappa shape index (κ1) is 26.6. The Bertz CT molecular complexity index is 1190. The van der Waals surface area contributed by atoms with E-state index in [-0.39, 0.29) is 30.4 Å². The first-order chi connectivity index (χ1) is 17.2. The number of hydrogen-bond acceptors (Lipinski definition) is 5. The van der Waals surface area contributed by atoms with Gasteiger partial charge in [-0.1, -0.05) is 24.3 Å². The van der Waals surface area contributed by atoms with Gasteiger partial charge >= 0.3 is 0 Å². The van der Waals surface area contributed by atoms with Gasteiger partial charge in [0.1, 0.15) is 24.8 Å². The van der Waals surface area contributed by atoms with Gasteiger partial charge in [0.2, 0.25) is 5.88 Å². The molecule has 6 nitrogen and oxygen atoms in total. The van der Waals surface area contributed by atoms with Crippen molar-refractivity contribution in [3.05, 3.63) is 89.4 Å². The van der Waals surface area contributed by atoms with Crippen LogP contribution in [0.1, 0.15) is 43.4 Å². The van der Waals surface area contributed by atoms with Crippen LogP contribution in [0, 0.1) is 17.1 Å². The predicted molar refractivity (Wildman–Crippen MR) is 132 cm³/mol. The van der Waals surface area contributed by atoms with Gasteiger partial charge in [-0.15, -0.1) is 0 Å². The number of nitrogens with one attached hydrogen (secondary N) is 1. The lowest BCUT2D eigenvalue weighted by Crippen LogP contribution is -2.51. The SMILES string of the molecule is C[C@H](NC(=O)C(C)(C)Oc1ccc(F)cn1)[C@@H](Cc1ccc(OCC[18F])cc1)c1cccc(C#N)c1. The second-order valence-corrected chi connectivity index (χ2v) is 8.92. The number of hydrogen-bond donors (Lipinski definition) is 1. The number of benzene rings is 2. The Morgan fingerprint density at radius 2 is 1.92 bits per heavy atom. The monoisotopic (exact) mass is 492 g/mol.